The van der Waals surface area contributed by atoms with E-state index in [0.717, 1.165) is 5.39 Å². The lowest BCUT2D eigenvalue weighted by molar-refractivity contribution is 0.0998. The van der Waals surface area contributed by atoms with Crippen LogP contribution < -0.4 is 5.32 Å². The Morgan fingerprint density at radius 3 is 2.50 bits per heavy atom. The molecule has 0 saturated heterocycles. The van der Waals surface area contributed by atoms with Crippen molar-refractivity contribution in [3.05, 3.63) is 62.8 Å². The van der Waals surface area contributed by atoms with Crippen molar-refractivity contribution >= 4 is 57.4 Å². The highest BCUT2D eigenvalue weighted by atomic mass is 35.5. The molecule has 2 aromatic carbocycles. The number of rotatable bonds is 2. The molecule has 22 heavy (non-hydrogen) atoms. The number of benzene rings is 2. The van der Waals surface area contributed by atoms with Gasteiger partial charge in [-0.25, -0.2) is 0 Å². The molecule has 0 unspecified atom stereocenters. The molecule has 0 spiro atoms. The van der Waals surface area contributed by atoms with Crippen molar-refractivity contribution in [3.8, 4) is 0 Å². The van der Waals surface area contributed by atoms with Gasteiger partial charge in [-0.05, 0) is 43.3 Å². The van der Waals surface area contributed by atoms with E-state index >= 15 is 0 Å². The molecule has 0 saturated carbocycles. The molecule has 0 aliphatic heterocycles. The molecular weight excluding hydrogens is 345 g/mol. The maximum absolute atomic E-state index is 12.4. The number of aryl methyl sites for hydroxylation is 1. The monoisotopic (exact) mass is 353 g/mol. The smallest absolute Gasteiger partial charge is 0.291 e. The zero-order chi connectivity index (χ0) is 15.9. The van der Waals surface area contributed by atoms with Crippen LogP contribution in [0.15, 0.2) is 40.8 Å². The van der Waals surface area contributed by atoms with Crippen LogP contribution in [0.2, 0.25) is 15.1 Å². The fourth-order valence-corrected chi connectivity index (χ4v) is 2.69. The lowest BCUT2D eigenvalue weighted by atomic mass is 10.1. The lowest BCUT2D eigenvalue weighted by Crippen LogP contribution is -2.12. The standard InChI is InChI=1S/C16H10Cl3NO2/c1-8-11-6-9(17)3-5-14(11)22-15(8)16(21)20-13-7-10(18)2-4-12(13)19/h2-7H,1H3,(H,20,21). The molecule has 1 aromatic heterocycles. The summed E-state index contributed by atoms with van der Waals surface area (Å²) in [5, 5.41) is 4.96. The largest absolute Gasteiger partial charge is 0.451 e. The average molecular weight is 355 g/mol. The molecule has 6 heteroatoms. The van der Waals surface area contributed by atoms with Crippen LogP contribution >= 0.6 is 34.8 Å². The van der Waals surface area contributed by atoms with Gasteiger partial charge in [0.05, 0.1) is 10.7 Å². The Bertz CT molecular complexity index is 886. The normalized spacial score (nSPS) is 10.9. The molecule has 1 amide bonds. The maximum Gasteiger partial charge on any atom is 0.291 e. The Hall–Kier alpha value is -1.68. The molecule has 3 aromatic rings. The quantitative estimate of drug-likeness (QED) is 0.617. The highest BCUT2D eigenvalue weighted by Crippen LogP contribution is 2.30. The van der Waals surface area contributed by atoms with E-state index in [4.69, 9.17) is 39.2 Å². The van der Waals surface area contributed by atoms with Crippen molar-refractivity contribution in [1.82, 2.24) is 0 Å². The molecule has 0 aliphatic rings. The zero-order valence-electron chi connectivity index (χ0n) is 11.4. The van der Waals surface area contributed by atoms with Gasteiger partial charge in [0.1, 0.15) is 5.58 Å². The Morgan fingerprint density at radius 2 is 1.73 bits per heavy atom. The molecule has 0 atom stereocenters. The van der Waals surface area contributed by atoms with E-state index in [1.54, 1.807) is 43.3 Å². The minimum Gasteiger partial charge on any atom is -0.451 e. The van der Waals surface area contributed by atoms with Gasteiger partial charge in [-0.1, -0.05) is 34.8 Å². The summed E-state index contributed by atoms with van der Waals surface area (Å²) in [6, 6.07) is 10.0. The number of hydrogen-bond donors (Lipinski definition) is 1. The zero-order valence-corrected chi connectivity index (χ0v) is 13.7. The van der Waals surface area contributed by atoms with E-state index in [1.165, 1.54) is 0 Å². The number of halogens is 3. The van der Waals surface area contributed by atoms with Crippen LogP contribution in [-0.2, 0) is 0 Å². The van der Waals surface area contributed by atoms with Crippen molar-refractivity contribution in [1.29, 1.82) is 0 Å². The Kier molecular flexibility index (Phi) is 4.04. The molecule has 1 N–H and O–H groups in total. The molecule has 0 radical (unpaired) electrons. The predicted octanol–water partition coefficient (Wildman–Crippen LogP) is 5.95. The number of fused-ring (bicyclic) bond motifs is 1. The molecule has 0 aliphatic carbocycles. The van der Waals surface area contributed by atoms with Gasteiger partial charge >= 0.3 is 0 Å². The van der Waals surface area contributed by atoms with Crippen molar-refractivity contribution < 1.29 is 9.21 Å². The summed E-state index contributed by atoms with van der Waals surface area (Å²) in [5.41, 5.74) is 1.74. The van der Waals surface area contributed by atoms with Crippen LogP contribution in [0.4, 0.5) is 5.69 Å². The molecular formula is C16H10Cl3NO2. The third-order valence-electron chi connectivity index (χ3n) is 3.28. The van der Waals surface area contributed by atoms with Gasteiger partial charge in [-0.15, -0.1) is 0 Å². The summed E-state index contributed by atoms with van der Waals surface area (Å²) in [6.45, 7) is 1.80. The Morgan fingerprint density at radius 1 is 1.05 bits per heavy atom. The summed E-state index contributed by atoms with van der Waals surface area (Å²) in [4.78, 5) is 12.4. The first-order valence-corrected chi connectivity index (χ1v) is 7.54. The molecule has 0 bridgehead atoms. The van der Waals surface area contributed by atoms with Gasteiger partial charge < -0.3 is 9.73 Å². The predicted molar refractivity (Wildman–Crippen MR) is 90.4 cm³/mol. The lowest BCUT2D eigenvalue weighted by Gasteiger charge is -2.06. The van der Waals surface area contributed by atoms with E-state index in [1.807, 2.05) is 0 Å². The average Bonchev–Trinajstić information content (AvgIpc) is 2.80. The minimum absolute atomic E-state index is 0.216. The van der Waals surface area contributed by atoms with Crippen LogP contribution in [0.3, 0.4) is 0 Å². The second-order valence-corrected chi connectivity index (χ2v) is 6.06. The number of anilines is 1. The van der Waals surface area contributed by atoms with E-state index in [9.17, 15) is 4.79 Å². The van der Waals surface area contributed by atoms with E-state index < -0.39 is 5.91 Å². The first-order chi connectivity index (χ1) is 10.5. The first-order valence-electron chi connectivity index (χ1n) is 6.41. The third-order valence-corrected chi connectivity index (χ3v) is 4.08. The number of hydrogen-bond acceptors (Lipinski definition) is 2. The van der Waals surface area contributed by atoms with Gasteiger partial charge in [0, 0.05) is 21.0 Å². The van der Waals surface area contributed by atoms with Gasteiger partial charge in [0.2, 0.25) is 0 Å². The summed E-state index contributed by atoms with van der Waals surface area (Å²) in [7, 11) is 0. The fourth-order valence-electron chi connectivity index (χ4n) is 2.18. The van der Waals surface area contributed by atoms with Crippen molar-refractivity contribution in [2.75, 3.05) is 5.32 Å². The number of carbonyl (C=O) groups excluding carboxylic acids is 1. The van der Waals surface area contributed by atoms with Gasteiger partial charge in [0.25, 0.3) is 5.91 Å². The SMILES string of the molecule is Cc1c(C(=O)Nc2cc(Cl)ccc2Cl)oc2ccc(Cl)cc12. The highest BCUT2D eigenvalue weighted by Gasteiger charge is 2.19. The number of furan rings is 1. The molecule has 112 valence electrons. The van der Waals surface area contributed by atoms with Gasteiger partial charge in [-0.2, -0.15) is 0 Å². The summed E-state index contributed by atoms with van der Waals surface area (Å²) < 4.78 is 5.61. The van der Waals surface area contributed by atoms with Crippen LogP contribution in [0, 0.1) is 6.92 Å². The summed E-state index contributed by atoms with van der Waals surface area (Å²) in [5.74, 6) is -0.178. The number of nitrogens with one attached hydrogen (secondary N) is 1. The fraction of sp³-hybridized carbons (Fsp3) is 0.0625. The maximum atomic E-state index is 12.4. The minimum atomic E-state index is -0.394. The Balaban J connectivity index is 1.99. The van der Waals surface area contributed by atoms with Crippen LogP contribution in [0.1, 0.15) is 16.1 Å². The third kappa shape index (κ3) is 2.80. The molecule has 1 heterocycles. The topological polar surface area (TPSA) is 42.2 Å². The number of amides is 1. The number of carbonyl (C=O) groups is 1. The molecule has 0 fully saturated rings. The van der Waals surface area contributed by atoms with Crippen LogP contribution in [0.5, 0.6) is 0 Å². The van der Waals surface area contributed by atoms with Crippen molar-refractivity contribution in [2.45, 2.75) is 6.92 Å². The first kappa shape index (κ1) is 15.2. The van der Waals surface area contributed by atoms with Gasteiger partial charge in [-0.3, -0.25) is 4.79 Å². The Labute approximate surface area is 141 Å². The van der Waals surface area contributed by atoms with Crippen LogP contribution in [-0.4, -0.2) is 5.91 Å². The van der Waals surface area contributed by atoms with E-state index in [-0.39, 0.29) is 5.76 Å². The summed E-state index contributed by atoms with van der Waals surface area (Å²) >= 11 is 17.9. The van der Waals surface area contributed by atoms with E-state index in [2.05, 4.69) is 5.32 Å². The molecule has 3 nitrogen and oxygen atoms in total. The van der Waals surface area contributed by atoms with Crippen LogP contribution in [0.25, 0.3) is 11.0 Å². The van der Waals surface area contributed by atoms with Crippen molar-refractivity contribution in [2.24, 2.45) is 0 Å². The second kappa shape index (κ2) is 5.84. The highest BCUT2D eigenvalue weighted by molar-refractivity contribution is 6.36. The van der Waals surface area contributed by atoms with E-state index in [0.29, 0.717) is 31.9 Å². The molecule has 3 rings (SSSR count). The van der Waals surface area contributed by atoms with Gasteiger partial charge in [0.15, 0.2) is 5.76 Å². The second-order valence-electron chi connectivity index (χ2n) is 4.77. The summed E-state index contributed by atoms with van der Waals surface area (Å²) in [6.07, 6.45) is 0. The van der Waals surface area contributed by atoms with Crippen molar-refractivity contribution in [3.63, 3.8) is 0 Å².